The maximum Gasteiger partial charge on any atom is 0.194 e. The summed E-state index contributed by atoms with van der Waals surface area (Å²) in [6.45, 7) is 8.14. The van der Waals surface area contributed by atoms with Crippen molar-refractivity contribution in [2.75, 3.05) is 0 Å². The van der Waals surface area contributed by atoms with E-state index in [0.29, 0.717) is 5.76 Å². The second-order valence-corrected chi connectivity index (χ2v) is 6.76. The van der Waals surface area contributed by atoms with Crippen LogP contribution in [0.5, 0.6) is 0 Å². The third kappa shape index (κ3) is 3.20. The van der Waals surface area contributed by atoms with Gasteiger partial charge in [-0.25, -0.2) is 0 Å². The van der Waals surface area contributed by atoms with Crippen molar-refractivity contribution < 1.29 is 9.53 Å². The second kappa shape index (κ2) is 6.63. The monoisotopic (exact) mass is 324 g/mol. The van der Waals surface area contributed by atoms with Gasteiger partial charge in [-0.3, -0.25) is 4.79 Å². The number of rotatable bonds is 4. The summed E-state index contributed by atoms with van der Waals surface area (Å²) in [7, 11) is 0. The predicted octanol–water partition coefficient (Wildman–Crippen LogP) is 5.31. The molecule has 0 radical (unpaired) electrons. The van der Waals surface area contributed by atoms with Crippen LogP contribution in [0.15, 0.2) is 53.9 Å². The fourth-order valence-corrected chi connectivity index (χ4v) is 3.65. The number of fused-ring (bicyclic) bond motifs is 2. The normalized spacial score (nSPS) is 14.4. The Bertz CT molecular complexity index is 764. The highest BCUT2D eigenvalue weighted by Gasteiger charge is 2.22. The Balaban J connectivity index is 1.93. The molecule has 2 nitrogen and oxygen atoms in total. The zero-order valence-corrected chi connectivity index (χ0v) is 14.3. The van der Waals surface area contributed by atoms with Gasteiger partial charge in [0, 0.05) is 27.3 Å². The molecule has 23 heavy (non-hydrogen) atoms. The SMILES string of the molecule is C=C(OC(C)CC)c1ccc2c(c1)SCc1ccccc1C2=O. The van der Waals surface area contributed by atoms with Crippen LogP contribution in [0.3, 0.4) is 0 Å². The van der Waals surface area contributed by atoms with Crippen molar-refractivity contribution in [2.24, 2.45) is 0 Å². The minimum Gasteiger partial charge on any atom is -0.491 e. The van der Waals surface area contributed by atoms with E-state index in [1.165, 1.54) is 0 Å². The van der Waals surface area contributed by atoms with Gasteiger partial charge in [-0.15, -0.1) is 11.8 Å². The molecule has 0 saturated heterocycles. The van der Waals surface area contributed by atoms with E-state index in [9.17, 15) is 4.79 Å². The van der Waals surface area contributed by atoms with Crippen LogP contribution in [-0.4, -0.2) is 11.9 Å². The first kappa shape index (κ1) is 15.9. The molecular weight excluding hydrogens is 304 g/mol. The second-order valence-electron chi connectivity index (χ2n) is 5.75. The van der Waals surface area contributed by atoms with E-state index >= 15 is 0 Å². The molecule has 0 aromatic heterocycles. The number of carbonyl (C=O) groups is 1. The van der Waals surface area contributed by atoms with E-state index < -0.39 is 0 Å². The molecule has 1 unspecified atom stereocenters. The summed E-state index contributed by atoms with van der Waals surface area (Å²) < 4.78 is 5.81. The number of ketones is 1. The van der Waals surface area contributed by atoms with Crippen LogP contribution in [-0.2, 0) is 10.5 Å². The standard InChI is InChI=1S/C20H20O2S/c1-4-13(2)22-14(3)15-9-10-18-19(11-15)23-12-16-7-5-6-8-17(16)20(18)21/h5-11,13H,3-4,12H2,1-2H3. The lowest BCUT2D eigenvalue weighted by molar-refractivity contribution is 0.103. The molecule has 118 valence electrons. The minimum atomic E-state index is 0.0978. The first-order valence-corrected chi connectivity index (χ1v) is 8.84. The van der Waals surface area contributed by atoms with E-state index in [1.807, 2.05) is 49.4 Å². The summed E-state index contributed by atoms with van der Waals surface area (Å²) in [5.41, 5.74) is 3.60. The lowest BCUT2D eigenvalue weighted by Gasteiger charge is -2.16. The van der Waals surface area contributed by atoms with Gasteiger partial charge in [-0.1, -0.05) is 43.8 Å². The number of benzene rings is 2. The molecule has 3 heteroatoms. The zero-order valence-electron chi connectivity index (χ0n) is 13.5. The maximum atomic E-state index is 12.8. The van der Waals surface area contributed by atoms with Crippen LogP contribution < -0.4 is 0 Å². The number of carbonyl (C=O) groups excluding carboxylic acids is 1. The lowest BCUT2D eigenvalue weighted by atomic mass is 9.98. The van der Waals surface area contributed by atoms with Gasteiger partial charge >= 0.3 is 0 Å². The van der Waals surface area contributed by atoms with Gasteiger partial charge in [0.2, 0.25) is 0 Å². The number of thioether (sulfide) groups is 1. The minimum absolute atomic E-state index is 0.0978. The van der Waals surface area contributed by atoms with Gasteiger partial charge < -0.3 is 4.74 Å². The zero-order chi connectivity index (χ0) is 16.4. The smallest absolute Gasteiger partial charge is 0.194 e. The molecule has 0 bridgehead atoms. The Morgan fingerprint density at radius 2 is 2.04 bits per heavy atom. The first-order valence-electron chi connectivity index (χ1n) is 7.85. The molecule has 0 amide bonds. The van der Waals surface area contributed by atoms with Gasteiger partial charge in [-0.2, -0.15) is 0 Å². The topological polar surface area (TPSA) is 26.3 Å². The van der Waals surface area contributed by atoms with Crippen LogP contribution in [0.1, 0.15) is 47.3 Å². The Hall–Kier alpha value is -2.00. The largest absolute Gasteiger partial charge is 0.491 e. The summed E-state index contributed by atoms with van der Waals surface area (Å²) in [6.07, 6.45) is 1.08. The van der Waals surface area contributed by atoms with Crippen LogP contribution in [0.2, 0.25) is 0 Å². The highest BCUT2D eigenvalue weighted by atomic mass is 32.2. The highest BCUT2D eigenvalue weighted by molar-refractivity contribution is 7.98. The van der Waals surface area contributed by atoms with Gasteiger partial charge in [-0.05, 0) is 31.0 Å². The molecule has 1 heterocycles. The quantitative estimate of drug-likeness (QED) is 0.713. The van der Waals surface area contributed by atoms with E-state index in [0.717, 1.165) is 39.3 Å². The first-order chi connectivity index (χ1) is 11.1. The van der Waals surface area contributed by atoms with Crippen molar-refractivity contribution in [3.63, 3.8) is 0 Å². The van der Waals surface area contributed by atoms with Crippen molar-refractivity contribution in [2.45, 2.75) is 37.0 Å². The van der Waals surface area contributed by atoms with Crippen LogP contribution >= 0.6 is 11.8 Å². The molecule has 1 aliphatic rings. The average molecular weight is 324 g/mol. The molecule has 0 N–H and O–H groups in total. The Morgan fingerprint density at radius 3 is 2.83 bits per heavy atom. The van der Waals surface area contributed by atoms with Crippen molar-refractivity contribution in [1.29, 1.82) is 0 Å². The van der Waals surface area contributed by atoms with Gasteiger partial charge in [0.15, 0.2) is 5.78 Å². The molecule has 1 aliphatic heterocycles. The number of ether oxygens (including phenoxy) is 1. The van der Waals surface area contributed by atoms with E-state index in [-0.39, 0.29) is 11.9 Å². The summed E-state index contributed by atoms with van der Waals surface area (Å²) in [5, 5.41) is 0. The van der Waals surface area contributed by atoms with E-state index in [4.69, 9.17) is 4.74 Å². The average Bonchev–Trinajstić information content (AvgIpc) is 2.72. The van der Waals surface area contributed by atoms with Gasteiger partial charge in [0.05, 0.1) is 6.10 Å². The molecule has 0 saturated carbocycles. The predicted molar refractivity (Wildman–Crippen MR) is 95.7 cm³/mol. The fourth-order valence-electron chi connectivity index (χ4n) is 2.57. The Kier molecular flexibility index (Phi) is 4.58. The molecule has 0 fully saturated rings. The molecule has 0 spiro atoms. The number of hydrogen-bond acceptors (Lipinski definition) is 3. The third-order valence-electron chi connectivity index (χ3n) is 4.11. The third-order valence-corrected chi connectivity index (χ3v) is 5.22. The van der Waals surface area contributed by atoms with Crippen molar-refractivity contribution in [3.05, 3.63) is 71.3 Å². The maximum absolute atomic E-state index is 12.8. The molecule has 3 rings (SSSR count). The van der Waals surface area contributed by atoms with Gasteiger partial charge in [0.25, 0.3) is 0 Å². The Labute approximate surface area is 141 Å². The van der Waals surface area contributed by atoms with Crippen LogP contribution in [0.4, 0.5) is 0 Å². The lowest BCUT2D eigenvalue weighted by Crippen LogP contribution is -2.06. The molecule has 0 aliphatic carbocycles. The highest BCUT2D eigenvalue weighted by Crippen LogP contribution is 2.35. The molecule has 2 aromatic carbocycles. The summed E-state index contributed by atoms with van der Waals surface area (Å²) >= 11 is 1.69. The van der Waals surface area contributed by atoms with Crippen molar-refractivity contribution >= 4 is 23.3 Å². The molecular formula is C20H20O2S. The van der Waals surface area contributed by atoms with E-state index in [2.05, 4.69) is 13.5 Å². The van der Waals surface area contributed by atoms with Crippen LogP contribution in [0.25, 0.3) is 5.76 Å². The summed E-state index contributed by atoms with van der Waals surface area (Å²) in [5.74, 6) is 1.56. The number of hydrogen-bond donors (Lipinski definition) is 0. The van der Waals surface area contributed by atoms with Crippen molar-refractivity contribution in [3.8, 4) is 0 Å². The molecule has 1 atom stereocenters. The van der Waals surface area contributed by atoms with Gasteiger partial charge in [0.1, 0.15) is 5.76 Å². The fraction of sp³-hybridized carbons (Fsp3) is 0.250. The Morgan fingerprint density at radius 1 is 1.26 bits per heavy atom. The summed E-state index contributed by atoms with van der Waals surface area (Å²) in [4.78, 5) is 13.8. The van der Waals surface area contributed by atoms with Crippen molar-refractivity contribution in [1.82, 2.24) is 0 Å². The van der Waals surface area contributed by atoms with Crippen LogP contribution in [0, 0.1) is 0 Å². The summed E-state index contributed by atoms with van der Waals surface area (Å²) in [6, 6.07) is 13.7. The van der Waals surface area contributed by atoms with E-state index in [1.54, 1.807) is 11.8 Å². The molecule has 2 aromatic rings.